The molecule has 2 amide bonds. The standard InChI is InChI=1S/C28H31N3O3S/c1-34-18-17-31-26(24-12-7-19-35-24)25(22-10-5-6-11-23(22)27(31)32)28(33)30-15-13-29(14-16-30)20-21-8-3-2-4-9-21/h2-12,19,25-26H,13-18,20H2,1H3. The summed E-state index contributed by atoms with van der Waals surface area (Å²) >= 11 is 1.60. The van der Waals surface area contributed by atoms with Crippen molar-refractivity contribution in [3.8, 4) is 0 Å². The molecule has 2 aromatic carbocycles. The Bertz CT molecular complexity index is 1140. The van der Waals surface area contributed by atoms with Crippen LogP contribution in [0, 0.1) is 0 Å². The highest BCUT2D eigenvalue weighted by molar-refractivity contribution is 7.10. The lowest BCUT2D eigenvalue weighted by Crippen LogP contribution is -2.53. The average molecular weight is 490 g/mol. The summed E-state index contributed by atoms with van der Waals surface area (Å²) in [5, 5.41) is 2.01. The van der Waals surface area contributed by atoms with E-state index in [1.165, 1.54) is 5.56 Å². The molecule has 1 saturated heterocycles. The van der Waals surface area contributed by atoms with Gasteiger partial charge in [-0.25, -0.2) is 0 Å². The van der Waals surface area contributed by atoms with Crippen molar-refractivity contribution in [3.63, 3.8) is 0 Å². The second-order valence-electron chi connectivity index (χ2n) is 9.10. The number of benzene rings is 2. The van der Waals surface area contributed by atoms with Crippen molar-refractivity contribution in [2.45, 2.75) is 18.5 Å². The van der Waals surface area contributed by atoms with Crippen molar-refractivity contribution in [2.75, 3.05) is 46.4 Å². The Hall–Kier alpha value is -3.00. The number of nitrogens with zero attached hydrogens (tertiary/aromatic N) is 3. The van der Waals surface area contributed by atoms with E-state index in [4.69, 9.17) is 4.74 Å². The van der Waals surface area contributed by atoms with Crippen molar-refractivity contribution in [2.24, 2.45) is 0 Å². The van der Waals surface area contributed by atoms with Crippen molar-refractivity contribution >= 4 is 23.2 Å². The maximum atomic E-state index is 14.2. The summed E-state index contributed by atoms with van der Waals surface area (Å²) in [4.78, 5) is 35.0. The fourth-order valence-corrected chi connectivity index (χ4v) is 6.11. The topological polar surface area (TPSA) is 53.1 Å². The molecule has 2 aliphatic heterocycles. The lowest BCUT2D eigenvalue weighted by molar-refractivity contribution is -0.136. The number of carbonyl (C=O) groups excluding carboxylic acids is 2. The van der Waals surface area contributed by atoms with E-state index in [2.05, 4.69) is 29.2 Å². The average Bonchev–Trinajstić information content (AvgIpc) is 3.43. The van der Waals surface area contributed by atoms with E-state index in [0.717, 1.165) is 30.1 Å². The Morgan fingerprint density at radius 1 is 0.971 bits per heavy atom. The molecule has 2 atom stereocenters. The molecule has 1 aromatic heterocycles. The van der Waals surface area contributed by atoms with Crippen LogP contribution < -0.4 is 0 Å². The fourth-order valence-electron chi connectivity index (χ4n) is 5.23. The van der Waals surface area contributed by atoms with Gasteiger partial charge in [0.1, 0.15) is 0 Å². The van der Waals surface area contributed by atoms with Gasteiger partial charge in [-0.3, -0.25) is 14.5 Å². The zero-order valence-electron chi connectivity index (χ0n) is 20.0. The largest absolute Gasteiger partial charge is 0.383 e. The fraction of sp³-hybridized carbons (Fsp3) is 0.357. The van der Waals surface area contributed by atoms with Gasteiger partial charge in [0.15, 0.2) is 0 Å². The molecule has 0 aliphatic carbocycles. The first-order valence-electron chi connectivity index (χ1n) is 12.1. The summed E-state index contributed by atoms with van der Waals surface area (Å²) in [6.07, 6.45) is 0. The number of thiophene rings is 1. The lowest BCUT2D eigenvalue weighted by Gasteiger charge is -2.44. The van der Waals surface area contributed by atoms with Crippen LogP contribution in [0.3, 0.4) is 0 Å². The van der Waals surface area contributed by atoms with Crippen molar-refractivity contribution in [1.29, 1.82) is 0 Å². The van der Waals surface area contributed by atoms with Crippen molar-refractivity contribution in [3.05, 3.63) is 93.7 Å². The molecule has 0 bridgehead atoms. The van der Waals surface area contributed by atoms with E-state index in [-0.39, 0.29) is 17.9 Å². The molecule has 2 aliphatic rings. The van der Waals surface area contributed by atoms with Gasteiger partial charge in [-0.15, -0.1) is 11.3 Å². The maximum absolute atomic E-state index is 14.2. The van der Waals surface area contributed by atoms with Crippen molar-refractivity contribution < 1.29 is 14.3 Å². The molecule has 5 rings (SSSR count). The van der Waals surface area contributed by atoms with Crippen LogP contribution >= 0.6 is 11.3 Å². The van der Waals surface area contributed by atoms with Crippen LogP contribution in [0.25, 0.3) is 0 Å². The number of ether oxygens (including phenoxy) is 1. The molecular formula is C28H31N3O3S. The second kappa shape index (κ2) is 10.7. The minimum Gasteiger partial charge on any atom is -0.383 e. The molecular weight excluding hydrogens is 458 g/mol. The normalized spacial score (nSPS) is 20.7. The summed E-state index contributed by atoms with van der Waals surface area (Å²) in [7, 11) is 1.64. The van der Waals surface area contributed by atoms with Crippen molar-refractivity contribution in [1.82, 2.24) is 14.7 Å². The number of hydrogen-bond acceptors (Lipinski definition) is 5. The third-order valence-corrected chi connectivity index (χ3v) is 7.95. The number of piperazine rings is 1. The molecule has 6 nitrogen and oxygen atoms in total. The Balaban J connectivity index is 1.41. The van der Waals surface area contributed by atoms with E-state index >= 15 is 0 Å². The number of methoxy groups -OCH3 is 1. The van der Waals surface area contributed by atoms with Crippen LogP contribution in [-0.4, -0.2) is 73.0 Å². The molecule has 0 saturated carbocycles. The molecule has 0 radical (unpaired) electrons. The van der Waals surface area contributed by atoms with Crippen LogP contribution in [0.5, 0.6) is 0 Å². The molecule has 0 spiro atoms. The van der Waals surface area contributed by atoms with Gasteiger partial charge < -0.3 is 14.5 Å². The van der Waals surface area contributed by atoms with Gasteiger partial charge in [-0.05, 0) is 28.6 Å². The third kappa shape index (κ3) is 4.89. The minimum absolute atomic E-state index is 0.0345. The van der Waals surface area contributed by atoms with E-state index in [1.807, 2.05) is 57.6 Å². The number of carbonyl (C=O) groups is 2. The van der Waals surface area contributed by atoms with Gasteiger partial charge in [-0.2, -0.15) is 0 Å². The molecule has 182 valence electrons. The van der Waals surface area contributed by atoms with E-state index < -0.39 is 5.92 Å². The Morgan fingerprint density at radius 3 is 2.43 bits per heavy atom. The molecule has 3 heterocycles. The first-order chi connectivity index (χ1) is 17.2. The molecule has 35 heavy (non-hydrogen) atoms. The third-order valence-electron chi connectivity index (χ3n) is 7.01. The monoisotopic (exact) mass is 489 g/mol. The van der Waals surface area contributed by atoms with E-state index in [9.17, 15) is 9.59 Å². The zero-order chi connectivity index (χ0) is 24.2. The molecule has 1 fully saturated rings. The predicted molar refractivity (Wildman–Crippen MR) is 137 cm³/mol. The summed E-state index contributed by atoms with van der Waals surface area (Å²) in [5.74, 6) is -0.363. The Morgan fingerprint density at radius 2 is 1.71 bits per heavy atom. The second-order valence-corrected chi connectivity index (χ2v) is 10.1. The molecule has 0 N–H and O–H groups in total. The predicted octanol–water partition coefficient (Wildman–Crippen LogP) is 4.02. The van der Waals surface area contributed by atoms with Gasteiger partial charge >= 0.3 is 0 Å². The zero-order valence-corrected chi connectivity index (χ0v) is 20.8. The number of amides is 2. The van der Waals surface area contributed by atoms with E-state index in [0.29, 0.717) is 31.8 Å². The Kier molecular flexibility index (Phi) is 7.27. The van der Waals surface area contributed by atoms with Crippen LogP contribution in [0.1, 0.15) is 38.3 Å². The summed E-state index contributed by atoms with van der Waals surface area (Å²) in [6, 6.07) is 21.8. The molecule has 7 heteroatoms. The number of rotatable bonds is 7. The summed E-state index contributed by atoms with van der Waals surface area (Å²) in [6.45, 7) is 4.82. The summed E-state index contributed by atoms with van der Waals surface area (Å²) < 4.78 is 5.33. The minimum atomic E-state index is -0.430. The van der Waals surface area contributed by atoms with Gasteiger partial charge in [0.25, 0.3) is 5.91 Å². The SMILES string of the molecule is COCCN1C(=O)c2ccccc2C(C(=O)N2CCN(Cc3ccccc3)CC2)C1c1cccs1. The van der Waals surface area contributed by atoms with Crippen LogP contribution in [0.15, 0.2) is 72.1 Å². The van der Waals surface area contributed by atoms with Gasteiger partial charge in [0.2, 0.25) is 5.91 Å². The highest BCUT2D eigenvalue weighted by Crippen LogP contribution is 2.45. The van der Waals surface area contributed by atoms with Crippen LogP contribution in [0.4, 0.5) is 0 Å². The lowest BCUT2D eigenvalue weighted by atomic mass is 9.81. The quantitative estimate of drug-likeness (QED) is 0.503. The number of hydrogen-bond donors (Lipinski definition) is 0. The van der Waals surface area contributed by atoms with Gasteiger partial charge in [0, 0.05) is 56.8 Å². The first kappa shape index (κ1) is 23.7. The maximum Gasteiger partial charge on any atom is 0.254 e. The van der Waals surface area contributed by atoms with Crippen LogP contribution in [-0.2, 0) is 16.1 Å². The number of fused-ring (bicyclic) bond motifs is 1. The smallest absolute Gasteiger partial charge is 0.254 e. The van der Waals surface area contributed by atoms with Gasteiger partial charge in [0.05, 0.1) is 18.6 Å². The van der Waals surface area contributed by atoms with Gasteiger partial charge in [-0.1, -0.05) is 54.6 Å². The highest BCUT2D eigenvalue weighted by Gasteiger charge is 2.46. The highest BCUT2D eigenvalue weighted by atomic mass is 32.1. The first-order valence-corrected chi connectivity index (χ1v) is 13.0. The summed E-state index contributed by atoms with van der Waals surface area (Å²) in [5.41, 5.74) is 2.75. The van der Waals surface area contributed by atoms with E-state index in [1.54, 1.807) is 18.4 Å². The molecule has 2 unspecified atom stereocenters. The Labute approximate surface area is 210 Å². The molecule has 3 aromatic rings. The van der Waals surface area contributed by atoms with Crippen LogP contribution in [0.2, 0.25) is 0 Å².